The second kappa shape index (κ2) is 9.71. The van der Waals surface area contributed by atoms with Crippen LogP contribution in [0.5, 0.6) is 0 Å². The van der Waals surface area contributed by atoms with Crippen molar-refractivity contribution in [3.63, 3.8) is 0 Å². The van der Waals surface area contributed by atoms with Crippen molar-refractivity contribution in [1.29, 1.82) is 0 Å². The van der Waals surface area contributed by atoms with Gasteiger partial charge in [0, 0.05) is 36.9 Å². The predicted molar refractivity (Wildman–Crippen MR) is 125 cm³/mol. The minimum atomic E-state index is -2.63. The summed E-state index contributed by atoms with van der Waals surface area (Å²) in [6.45, 7) is 4.08. The van der Waals surface area contributed by atoms with Crippen molar-refractivity contribution >= 4 is 23.4 Å². The maximum atomic E-state index is 12.7. The highest BCUT2D eigenvalue weighted by molar-refractivity contribution is 6.12. The number of allylic oxidation sites excluding steroid dienone is 1. The van der Waals surface area contributed by atoms with E-state index in [9.17, 15) is 13.6 Å². The lowest BCUT2D eigenvalue weighted by molar-refractivity contribution is -0.126. The SMILES string of the molecule is COC1=C(OC)CC2N=C(C3CNC4=NCCCC43)N=C(NC(C)(C)C(=O)NCC(F)F)C2=C1. The molecule has 4 aliphatic rings. The number of amides is 1. The van der Waals surface area contributed by atoms with Crippen molar-refractivity contribution in [1.82, 2.24) is 16.0 Å². The molecule has 0 radical (unpaired) electrons. The summed E-state index contributed by atoms with van der Waals surface area (Å²) in [5.41, 5.74) is -0.426. The number of carbonyl (C=O) groups is 1. The first-order valence-electron chi connectivity index (χ1n) is 11.6. The summed E-state index contributed by atoms with van der Waals surface area (Å²) in [6, 6.07) is -0.270. The largest absolute Gasteiger partial charge is 0.497 e. The molecule has 3 unspecified atom stereocenters. The molecule has 9 nitrogen and oxygen atoms in total. The fourth-order valence-electron chi connectivity index (χ4n) is 4.76. The summed E-state index contributed by atoms with van der Waals surface area (Å²) in [6.07, 6.45) is 1.71. The third kappa shape index (κ3) is 4.78. The highest BCUT2D eigenvalue weighted by Gasteiger charge is 2.41. The topological polar surface area (TPSA) is 109 Å². The summed E-state index contributed by atoms with van der Waals surface area (Å²) in [7, 11) is 3.15. The van der Waals surface area contributed by atoms with E-state index in [1.807, 2.05) is 6.08 Å². The lowest BCUT2D eigenvalue weighted by Crippen LogP contribution is -2.57. The number of amidine groups is 3. The number of alkyl halides is 2. The predicted octanol–water partition coefficient (Wildman–Crippen LogP) is 1.78. The molecule has 3 aliphatic heterocycles. The second-order valence-corrected chi connectivity index (χ2v) is 9.32. The van der Waals surface area contributed by atoms with Crippen LogP contribution in [0.25, 0.3) is 0 Å². The van der Waals surface area contributed by atoms with Crippen LogP contribution in [0.15, 0.2) is 38.1 Å². The first-order chi connectivity index (χ1) is 16.2. The van der Waals surface area contributed by atoms with E-state index in [1.54, 1.807) is 28.1 Å². The number of ether oxygens (including phenoxy) is 2. The number of carbonyl (C=O) groups excluding carboxylic acids is 1. The van der Waals surface area contributed by atoms with Gasteiger partial charge in [0.15, 0.2) is 5.76 Å². The number of nitrogens with one attached hydrogen (secondary N) is 3. The van der Waals surface area contributed by atoms with E-state index in [4.69, 9.17) is 19.5 Å². The third-order valence-corrected chi connectivity index (χ3v) is 6.60. The molecule has 3 heterocycles. The van der Waals surface area contributed by atoms with Gasteiger partial charge in [-0.25, -0.2) is 13.8 Å². The highest BCUT2D eigenvalue weighted by atomic mass is 19.3. The number of hydrogen-bond acceptors (Lipinski definition) is 8. The number of hydrogen-bond donors (Lipinski definition) is 3. The van der Waals surface area contributed by atoms with Gasteiger partial charge in [0.2, 0.25) is 5.91 Å². The van der Waals surface area contributed by atoms with Crippen molar-refractivity contribution in [2.45, 2.75) is 51.1 Å². The fraction of sp³-hybridized carbons (Fsp3) is 0.652. The van der Waals surface area contributed by atoms with E-state index in [0.717, 1.165) is 30.8 Å². The molecule has 1 fully saturated rings. The van der Waals surface area contributed by atoms with Crippen LogP contribution >= 0.6 is 0 Å². The molecule has 34 heavy (non-hydrogen) atoms. The zero-order chi connectivity index (χ0) is 24.5. The van der Waals surface area contributed by atoms with Gasteiger partial charge in [-0.15, -0.1) is 0 Å². The normalized spacial score (nSPS) is 26.4. The van der Waals surface area contributed by atoms with E-state index in [2.05, 4.69) is 20.9 Å². The van der Waals surface area contributed by atoms with Crippen LogP contribution in [0.2, 0.25) is 0 Å². The number of fused-ring (bicyclic) bond motifs is 2. The molecule has 0 aromatic heterocycles. The Bertz CT molecular complexity index is 985. The molecule has 3 N–H and O–H groups in total. The zero-order valence-corrected chi connectivity index (χ0v) is 20.0. The van der Waals surface area contributed by atoms with E-state index in [0.29, 0.717) is 36.2 Å². The van der Waals surface area contributed by atoms with Gasteiger partial charge in [-0.05, 0) is 32.8 Å². The number of aliphatic imine (C=N–C) groups is 3. The molecule has 0 saturated carbocycles. The second-order valence-electron chi connectivity index (χ2n) is 9.32. The van der Waals surface area contributed by atoms with Crippen molar-refractivity contribution in [3.8, 4) is 0 Å². The number of methoxy groups -OCH3 is 2. The Hall–Kier alpha value is -2.98. The summed E-state index contributed by atoms with van der Waals surface area (Å²) >= 11 is 0. The van der Waals surface area contributed by atoms with Crippen LogP contribution in [0.4, 0.5) is 8.78 Å². The Morgan fingerprint density at radius 1 is 1.29 bits per heavy atom. The lowest BCUT2D eigenvalue weighted by Gasteiger charge is -2.34. The van der Waals surface area contributed by atoms with Crippen molar-refractivity contribution in [2.24, 2.45) is 26.8 Å². The summed E-state index contributed by atoms with van der Waals surface area (Å²) in [4.78, 5) is 27.1. The molecule has 0 aromatic rings. The molecule has 0 bridgehead atoms. The Labute approximate surface area is 197 Å². The van der Waals surface area contributed by atoms with Crippen molar-refractivity contribution < 1.29 is 23.0 Å². The quantitative estimate of drug-likeness (QED) is 0.517. The highest BCUT2D eigenvalue weighted by Crippen LogP contribution is 2.35. The van der Waals surface area contributed by atoms with E-state index in [1.165, 1.54) is 0 Å². The van der Waals surface area contributed by atoms with Gasteiger partial charge in [0.05, 0.1) is 26.8 Å². The average Bonchev–Trinajstić information content (AvgIpc) is 3.25. The molecular weight excluding hydrogens is 446 g/mol. The molecule has 4 rings (SSSR count). The van der Waals surface area contributed by atoms with E-state index in [-0.39, 0.29) is 17.9 Å². The van der Waals surface area contributed by atoms with E-state index >= 15 is 0 Å². The Morgan fingerprint density at radius 2 is 2.09 bits per heavy atom. The van der Waals surface area contributed by atoms with Gasteiger partial charge in [-0.3, -0.25) is 14.8 Å². The molecule has 3 atom stereocenters. The zero-order valence-electron chi connectivity index (χ0n) is 20.0. The van der Waals surface area contributed by atoms with Crippen molar-refractivity contribution in [3.05, 3.63) is 23.2 Å². The minimum absolute atomic E-state index is 0.0620. The van der Waals surface area contributed by atoms with Crippen LogP contribution in [-0.4, -0.2) is 75.3 Å². The Morgan fingerprint density at radius 3 is 2.79 bits per heavy atom. The molecule has 11 heteroatoms. The van der Waals surface area contributed by atoms with Gasteiger partial charge < -0.3 is 25.4 Å². The van der Waals surface area contributed by atoms with Crippen LogP contribution in [-0.2, 0) is 14.3 Å². The van der Waals surface area contributed by atoms with Crippen LogP contribution in [0, 0.1) is 11.8 Å². The number of rotatable bonds is 7. The fourth-order valence-corrected chi connectivity index (χ4v) is 4.76. The summed E-state index contributed by atoms with van der Waals surface area (Å²) in [5, 5.41) is 8.88. The first kappa shape index (κ1) is 24.2. The summed E-state index contributed by atoms with van der Waals surface area (Å²) < 4.78 is 36.3. The van der Waals surface area contributed by atoms with Gasteiger partial charge in [-0.1, -0.05) is 0 Å². The third-order valence-electron chi connectivity index (χ3n) is 6.60. The molecular formula is C23H32F2N6O3. The number of nitrogens with zero attached hydrogens (tertiary/aromatic N) is 3. The summed E-state index contributed by atoms with van der Waals surface area (Å²) in [5.74, 6) is 3.18. The molecule has 1 saturated heterocycles. The van der Waals surface area contributed by atoms with Gasteiger partial charge >= 0.3 is 0 Å². The maximum absolute atomic E-state index is 12.7. The standard InChI is InChI=1S/C23H32F2N6O3/c1-23(2,22(32)28-11-18(24)25)31-21-13-8-16(33-3)17(34-4)9-15(13)29-20(30-21)14-10-27-19-12(14)6-5-7-26-19/h8,12,14-15,18H,5-7,9-11H2,1-4H3,(H,26,27)(H,28,32)(H,29,30,31). The molecule has 0 aromatic carbocycles. The Kier molecular flexibility index (Phi) is 6.90. The molecule has 1 amide bonds. The number of halogens is 2. The van der Waals surface area contributed by atoms with Crippen molar-refractivity contribution in [2.75, 3.05) is 33.9 Å². The molecule has 186 valence electrons. The Balaban J connectivity index is 1.67. The first-order valence-corrected chi connectivity index (χ1v) is 11.6. The minimum Gasteiger partial charge on any atom is -0.497 e. The average molecular weight is 479 g/mol. The van der Waals surface area contributed by atoms with Crippen LogP contribution in [0.3, 0.4) is 0 Å². The molecule has 1 aliphatic carbocycles. The maximum Gasteiger partial charge on any atom is 0.255 e. The lowest BCUT2D eigenvalue weighted by atomic mass is 9.86. The van der Waals surface area contributed by atoms with E-state index < -0.39 is 24.4 Å². The van der Waals surface area contributed by atoms with Gasteiger partial charge in [-0.2, -0.15) is 0 Å². The molecule has 0 spiro atoms. The van der Waals surface area contributed by atoms with Crippen LogP contribution in [0.1, 0.15) is 33.1 Å². The van der Waals surface area contributed by atoms with Gasteiger partial charge in [0.1, 0.15) is 28.8 Å². The van der Waals surface area contributed by atoms with Crippen LogP contribution < -0.4 is 16.0 Å². The smallest absolute Gasteiger partial charge is 0.255 e. The monoisotopic (exact) mass is 478 g/mol. The van der Waals surface area contributed by atoms with Gasteiger partial charge in [0.25, 0.3) is 6.43 Å².